The number of nitrogens with one attached hydrogen (secondary N) is 1. The van der Waals surface area contributed by atoms with E-state index < -0.39 is 0 Å². The van der Waals surface area contributed by atoms with E-state index in [2.05, 4.69) is 29.4 Å². The van der Waals surface area contributed by atoms with Crippen LogP contribution in [0.2, 0.25) is 0 Å². The number of hydrogen-bond donors (Lipinski definition) is 1. The molecule has 1 amide bonds. The van der Waals surface area contributed by atoms with E-state index in [-0.39, 0.29) is 11.8 Å². The molecular weight excluding hydrogens is 282 g/mol. The zero-order chi connectivity index (χ0) is 15.1. The standard InChI is InChI=1S/C16H27N3OS/c1-3-5-9-12(4-2)14(20)17-16-19-18-15(21-16)13-10-7-6-8-11-13/h12-13H,3-11H2,1-2H3,(H,17,19,20)/t12-/m1/s1. The van der Waals surface area contributed by atoms with Crippen molar-refractivity contribution in [3.8, 4) is 0 Å². The van der Waals surface area contributed by atoms with Crippen LogP contribution in [0.5, 0.6) is 0 Å². The van der Waals surface area contributed by atoms with Gasteiger partial charge in [-0.1, -0.05) is 57.3 Å². The number of unbranched alkanes of at least 4 members (excludes halogenated alkanes) is 1. The SMILES string of the molecule is CCCC[C@@H](CC)C(=O)Nc1nnc(C2CCCCC2)s1. The summed E-state index contributed by atoms with van der Waals surface area (Å²) in [6.45, 7) is 4.24. The van der Waals surface area contributed by atoms with Gasteiger partial charge < -0.3 is 5.32 Å². The van der Waals surface area contributed by atoms with Crippen LogP contribution < -0.4 is 5.32 Å². The molecule has 1 atom stereocenters. The molecule has 0 spiro atoms. The van der Waals surface area contributed by atoms with Crippen LogP contribution >= 0.6 is 11.3 Å². The molecule has 0 saturated heterocycles. The third kappa shape index (κ3) is 4.77. The highest BCUT2D eigenvalue weighted by Gasteiger charge is 2.21. The van der Waals surface area contributed by atoms with Gasteiger partial charge in [-0.05, 0) is 25.7 Å². The third-order valence-corrected chi connectivity index (χ3v) is 5.40. The van der Waals surface area contributed by atoms with Crippen LogP contribution in [0.1, 0.15) is 82.6 Å². The van der Waals surface area contributed by atoms with Crippen molar-refractivity contribution in [1.82, 2.24) is 10.2 Å². The lowest BCUT2D eigenvalue weighted by Gasteiger charge is -2.18. The molecule has 2 rings (SSSR count). The topological polar surface area (TPSA) is 54.9 Å². The number of anilines is 1. The summed E-state index contributed by atoms with van der Waals surface area (Å²) in [6, 6.07) is 0. The van der Waals surface area contributed by atoms with Gasteiger partial charge in [0.2, 0.25) is 11.0 Å². The molecule has 4 nitrogen and oxygen atoms in total. The molecule has 1 aromatic rings. The van der Waals surface area contributed by atoms with Crippen LogP contribution in [0.15, 0.2) is 0 Å². The maximum absolute atomic E-state index is 12.3. The van der Waals surface area contributed by atoms with Crippen molar-refractivity contribution in [3.63, 3.8) is 0 Å². The number of nitrogens with zero attached hydrogens (tertiary/aromatic N) is 2. The van der Waals surface area contributed by atoms with Crippen LogP contribution in [-0.2, 0) is 4.79 Å². The quantitative estimate of drug-likeness (QED) is 0.791. The number of rotatable bonds is 7. The summed E-state index contributed by atoms with van der Waals surface area (Å²) in [7, 11) is 0. The van der Waals surface area contributed by atoms with Crippen LogP contribution in [0.3, 0.4) is 0 Å². The smallest absolute Gasteiger partial charge is 0.229 e. The van der Waals surface area contributed by atoms with Gasteiger partial charge in [0.25, 0.3) is 0 Å². The average Bonchev–Trinajstić information content (AvgIpc) is 2.97. The van der Waals surface area contributed by atoms with Gasteiger partial charge in [0.05, 0.1) is 0 Å². The maximum atomic E-state index is 12.3. The molecule has 1 fully saturated rings. The first kappa shape index (κ1) is 16.4. The summed E-state index contributed by atoms with van der Waals surface area (Å²) >= 11 is 1.57. The minimum absolute atomic E-state index is 0.104. The minimum Gasteiger partial charge on any atom is -0.300 e. The summed E-state index contributed by atoms with van der Waals surface area (Å²) < 4.78 is 0. The Kier molecular flexibility index (Phi) is 6.61. The lowest BCUT2D eigenvalue weighted by molar-refractivity contribution is -0.120. The number of hydrogen-bond acceptors (Lipinski definition) is 4. The van der Waals surface area contributed by atoms with Gasteiger partial charge in [-0.2, -0.15) is 0 Å². The van der Waals surface area contributed by atoms with Gasteiger partial charge in [0.15, 0.2) is 0 Å². The zero-order valence-corrected chi connectivity index (χ0v) is 14.0. The number of amides is 1. The first-order chi connectivity index (χ1) is 10.2. The molecule has 118 valence electrons. The summed E-state index contributed by atoms with van der Waals surface area (Å²) in [5.41, 5.74) is 0. The highest BCUT2D eigenvalue weighted by Crippen LogP contribution is 2.35. The van der Waals surface area contributed by atoms with Crippen molar-refractivity contribution in [3.05, 3.63) is 5.01 Å². The van der Waals surface area contributed by atoms with E-state index in [1.54, 1.807) is 11.3 Å². The average molecular weight is 309 g/mol. The monoisotopic (exact) mass is 309 g/mol. The van der Waals surface area contributed by atoms with Gasteiger partial charge >= 0.3 is 0 Å². The Bertz CT molecular complexity index is 440. The highest BCUT2D eigenvalue weighted by molar-refractivity contribution is 7.15. The molecule has 1 N–H and O–H groups in total. The predicted octanol–water partition coefficient (Wildman–Crippen LogP) is 4.74. The molecule has 0 unspecified atom stereocenters. The highest BCUT2D eigenvalue weighted by atomic mass is 32.1. The Labute approximate surface area is 131 Å². The predicted molar refractivity (Wildman–Crippen MR) is 87.7 cm³/mol. The van der Waals surface area contributed by atoms with Crippen molar-refractivity contribution >= 4 is 22.4 Å². The number of aromatic nitrogens is 2. The summed E-state index contributed by atoms with van der Waals surface area (Å²) in [6.07, 6.45) is 10.5. The fourth-order valence-electron chi connectivity index (χ4n) is 2.98. The van der Waals surface area contributed by atoms with Gasteiger partial charge in [0, 0.05) is 11.8 Å². The molecule has 5 heteroatoms. The molecule has 1 heterocycles. The van der Waals surface area contributed by atoms with Crippen molar-refractivity contribution in [2.24, 2.45) is 5.92 Å². The lowest BCUT2D eigenvalue weighted by Crippen LogP contribution is -2.22. The Balaban J connectivity index is 1.90. The van der Waals surface area contributed by atoms with E-state index in [9.17, 15) is 4.79 Å². The summed E-state index contributed by atoms with van der Waals surface area (Å²) in [5.74, 6) is 0.772. The summed E-state index contributed by atoms with van der Waals surface area (Å²) in [4.78, 5) is 12.3. The molecule has 21 heavy (non-hydrogen) atoms. The molecule has 1 aromatic heterocycles. The van der Waals surface area contributed by atoms with E-state index in [0.29, 0.717) is 11.0 Å². The van der Waals surface area contributed by atoms with E-state index in [1.807, 2.05) is 0 Å². The Morgan fingerprint density at radius 2 is 2.05 bits per heavy atom. The minimum atomic E-state index is 0.104. The van der Waals surface area contributed by atoms with Gasteiger partial charge in [-0.3, -0.25) is 4.79 Å². The first-order valence-corrected chi connectivity index (χ1v) is 9.20. The van der Waals surface area contributed by atoms with Crippen molar-refractivity contribution in [2.45, 2.75) is 77.6 Å². The van der Waals surface area contributed by atoms with E-state index >= 15 is 0 Å². The van der Waals surface area contributed by atoms with E-state index in [4.69, 9.17) is 0 Å². The Morgan fingerprint density at radius 1 is 1.29 bits per heavy atom. The van der Waals surface area contributed by atoms with E-state index in [0.717, 1.165) is 30.7 Å². The molecule has 0 radical (unpaired) electrons. The molecule has 1 aliphatic rings. The lowest BCUT2D eigenvalue weighted by atomic mass is 9.90. The molecule has 0 bridgehead atoms. The number of carbonyl (C=O) groups is 1. The molecule has 0 aliphatic heterocycles. The fourth-order valence-corrected chi connectivity index (χ4v) is 3.89. The normalized spacial score (nSPS) is 17.6. The van der Waals surface area contributed by atoms with Crippen molar-refractivity contribution < 1.29 is 4.79 Å². The molecule has 1 aliphatic carbocycles. The third-order valence-electron chi connectivity index (χ3n) is 4.39. The van der Waals surface area contributed by atoms with Crippen LogP contribution in [-0.4, -0.2) is 16.1 Å². The van der Waals surface area contributed by atoms with Crippen molar-refractivity contribution in [2.75, 3.05) is 5.32 Å². The van der Waals surface area contributed by atoms with Crippen LogP contribution in [0, 0.1) is 5.92 Å². The summed E-state index contributed by atoms with van der Waals surface area (Å²) in [5, 5.41) is 13.2. The maximum Gasteiger partial charge on any atom is 0.229 e. The molecule has 1 saturated carbocycles. The molecule has 0 aromatic carbocycles. The second-order valence-electron chi connectivity index (χ2n) is 6.02. The first-order valence-electron chi connectivity index (χ1n) is 8.38. The zero-order valence-electron chi connectivity index (χ0n) is 13.2. The van der Waals surface area contributed by atoms with Gasteiger partial charge in [0.1, 0.15) is 5.01 Å². The van der Waals surface area contributed by atoms with Crippen molar-refractivity contribution in [1.29, 1.82) is 0 Å². The van der Waals surface area contributed by atoms with Crippen LogP contribution in [0.25, 0.3) is 0 Å². The largest absolute Gasteiger partial charge is 0.300 e. The molecular formula is C16H27N3OS. The van der Waals surface area contributed by atoms with E-state index in [1.165, 1.54) is 32.1 Å². The van der Waals surface area contributed by atoms with Crippen LogP contribution in [0.4, 0.5) is 5.13 Å². The Morgan fingerprint density at radius 3 is 2.71 bits per heavy atom. The second kappa shape index (κ2) is 8.47. The fraction of sp³-hybridized carbons (Fsp3) is 0.812. The second-order valence-corrected chi connectivity index (χ2v) is 7.03. The number of carbonyl (C=O) groups excluding carboxylic acids is 1. The van der Waals surface area contributed by atoms with Gasteiger partial charge in [-0.25, -0.2) is 0 Å². The Hall–Kier alpha value is -0.970. The van der Waals surface area contributed by atoms with Gasteiger partial charge in [-0.15, -0.1) is 10.2 Å².